The van der Waals surface area contributed by atoms with Gasteiger partial charge in [-0.05, 0) is 19.0 Å². The molecular formula is C10H19N3O2S. The maximum Gasteiger partial charge on any atom is 0.0860 e. The molecule has 0 aliphatic heterocycles. The van der Waals surface area contributed by atoms with Crippen LogP contribution in [0.3, 0.4) is 0 Å². The third-order valence-corrected chi connectivity index (χ3v) is 2.99. The number of nitrogens with zero attached hydrogens (tertiary/aromatic N) is 2. The van der Waals surface area contributed by atoms with Gasteiger partial charge in [-0.3, -0.25) is 8.89 Å². The Balaban J connectivity index is 2.02. The number of nitrogens with one attached hydrogen (secondary N) is 1. The van der Waals surface area contributed by atoms with E-state index in [1.165, 1.54) is 0 Å². The van der Waals surface area contributed by atoms with Crippen molar-refractivity contribution in [1.29, 1.82) is 0 Å². The molecule has 2 N–H and O–H groups in total. The molecule has 6 heteroatoms. The topological polar surface area (TPSA) is 67.2 Å². The summed E-state index contributed by atoms with van der Waals surface area (Å²) in [6, 6.07) is 1.83. The van der Waals surface area contributed by atoms with Crippen LogP contribution in [-0.2, 0) is 17.3 Å². The molecule has 0 saturated carbocycles. The van der Waals surface area contributed by atoms with Crippen LogP contribution in [0.1, 0.15) is 6.42 Å². The monoisotopic (exact) mass is 245 g/mol. The Morgan fingerprint density at radius 3 is 3.06 bits per heavy atom. The van der Waals surface area contributed by atoms with E-state index in [0.717, 1.165) is 13.0 Å². The molecule has 0 amide bonds. The third-order valence-electron chi connectivity index (χ3n) is 2.12. The van der Waals surface area contributed by atoms with Gasteiger partial charge in [-0.2, -0.15) is 5.10 Å². The van der Waals surface area contributed by atoms with Crippen molar-refractivity contribution < 1.29 is 9.32 Å². The van der Waals surface area contributed by atoms with Crippen LogP contribution in [0.2, 0.25) is 0 Å². The molecule has 1 aromatic rings. The van der Waals surface area contributed by atoms with E-state index in [-0.39, 0.29) is 0 Å². The Hall–Kier alpha value is -0.720. The van der Waals surface area contributed by atoms with Gasteiger partial charge in [-0.15, -0.1) is 0 Å². The standard InChI is InChI=1S/C10H19N3O2S/c1-16(15)7-3-4-11-8-10(14)9-13-6-2-5-12-13/h2,5-6,10-11,14H,3-4,7-9H2,1H3. The van der Waals surface area contributed by atoms with Crippen LogP contribution in [0.5, 0.6) is 0 Å². The Labute approximate surface area is 98.3 Å². The lowest BCUT2D eigenvalue weighted by atomic mass is 10.3. The Morgan fingerprint density at radius 1 is 1.62 bits per heavy atom. The van der Waals surface area contributed by atoms with Crippen molar-refractivity contribution in [2.75, 3.05) is 25.1 Å². The van der Waals surface area contributed by atoms with Crippen LogP contribution in [0.4, 0.5) is 0 Å². The first-order valence-corrected chi connectivity index (χ1v) is 7.07. The minimum Gasteiger partial charge on any atom is -0.390 e. The highest BCUT2D eigenvalue weighted by Crippen LogP contribution is 1.90. The lowest BCUT2D eigenvalue weighted by molar-refractivity contribution is 0.147. The second-order valence-corrected chi connectivity index (χ2v) is 5.27. The highest BCUT2D eigenvalue weighted by atomic mass is 32.2. The second kappa shape index (κ2) is 7.54. The average molecular weight is 245 g/mol. The number of hydrogen-bond donors (Lipinski definition) is 2. The number of hydrogen-bond acceptors (Lipinski definition) is 4. The molecular weight excluding hydrogens is 226 g/mol. The van der Waals surface area contributed by atoms with Gasteiger partial charge in [0.15, 0.2) is 0 Å². The van der Waals surface area contributed by atoms with Gasteiger partial charge in [0, 0.05) is 41.7 Å². The van der Waals surface area contributed by atoms with Crippen molar-refractivity contribution in [2.24, 2.45) is 0 Å². The molecule has 0 fully saturated rings. The molecule has 1 aromatic heterocycles. The molecule has 92 valence electrons. The van der Waals surface area contributed by atoms with E-state index in [2.05, 4.69) is 10.4 Å². The number of rotatable bonds is 8. The molecule has 0 aliphatic carbocycles. The van der Waals surface area contributed by atoms with E-state index in [4.69, 9.17) is 0 Å². The molecule has 2 atom stereocenters. The van der Waals surface area contributed by atoms with Crippen LogP contribution < -0.4 is 5.32 Å². The Kier molecular flexibility index (Phi) is 6.29. The van der Waals surface area contributed by atoms with E-state index >= 15 is 0 Å². The molecule has 0 radical (unpaired) electrons. The molecule has 0 saturated heterocycles. The summed E-state index contributed by atoms with van der Waals surface area (Å²) in [5, 5.41) is 16.8. The van der Waals surface area contributed by atoms with Gasteiger partial charge in [0.1, 0.15) is 0 Å². The smallest absolute Gasteiger partial charge is 0.0860 e. The first-order chi connectivity index (χ1) is 7.68. The Morgan fingerprint density at radius 2 is 2.44 bits per heavy atom. The molecule has 0 aliphatic rings. The first kappa shape index (κ1) is 13.3. The van der Waals surface area contributed by atoms with Gasteiger partial charge >= 0.3 is 0 Å². The Bertz CT molecular complexity index is 303. The molecule has 0 spiro atoms. The highest BCUT2D eigenvalue weighted by Gasteiger charge is 2.04. The number of aromatic nitrogens is 2. The summed E-state index contributed by atoms with van der Waals surface area (Å²) in [6.07, 6.45) is 5.65. The molecule has 1 heterocycles. The van der Waals surface area contributed by atoms with Crippen LogP contribution in [-0.4, -0.2) is 50.3 Å². The van der Waals surface area contributed by atoms with Crippen molar-refractivity contribution in [3.8, 4) is 0 Å². The van der Waals surface area contributed by atoms with Crippen LogP contribution in [0, 0.1) is 0 Å². The fraction of sp³-hybridized carbons (Fsp3) is 0.700. The van der Waals surface area contributed by atoms with Gasteiger partial charge in [0.2, 0.25) is 0 Å². The lowest BCUT2D eigenvalue weighted by Gasteiger charge is -2.11. The van der Waals surface area contributed by atoms with Crippen molar-refractivity contribution in [3.05, 3.63) is 18.5 Å². The summed E-state index contributed by atoms with van der Waals surface area (Å²) in [7, 11) is -0.722. The fourth-order valence-electron chi connectivity index (χ4n) is 1.36. The average Bonchev–Trinajstić information content (AvgIpc) is 2.69. The van der Waals surface area contributed by atoms with Crippen LogP contribution in [0.15, 0.2) is 18.5 Å². The maximum atomic E-state index is 10.8. The largest absolute Gasteiger partial charge is 0.390 e. The normalized spacial score (nSPS) is 14.9. The molecule has 0 bridgehead atoms. The third kappa shape index (κ3) is 5.99. The molecule has 0 aromatic carbocycles. The van der Waals surface area contributed by atoms with E-state index in [1.807, 2.05) is 12.3 Å². The molecule has 2 unspecified atom stereocenters. The van der Waals surface area contributed by atoms with Crippen molar-refractivity contribution >= 4 is 10.8 Å². The SMILES string of the molecule is CS(=O)CCCNCC(O)Cn1cccn1. The van der Waals surface area contributed by atoms with Crippen molar-refractivity contribution in [3.63, 3.8) is 0 Å². The summed E-state index contributed by atoms with van der Waals surface area (Å²) >= 11 is 0. The minimum atomic E-state index is -0.722. The first-order valence-electron chi connectivity index (χ1n) is 5.34. The van der Waals surface area contributed by atoms with Gasteiger partial charge in [-0.25, -0.2) is 0 Å². The van der Waals surface area contributed by atoms with Crippen molar-refractivity contribution in [2.45, 2.75) is 19.1 Å². The number of aliphatic hydroxyl groups excluding tert-OH is 1. The van der Waals surface area contributed by atoms with Gasteiger partial charge in [0.25, 0.3) is 0 Å². The van der Waals surface area contributed by atoms with E-state index in [9.17, 15) is 9.32 Å². The summed E-state index contributed by atoms with van der Waals surface area (Å²) in [6.45, 7) is 1.83. The van der Waals surface area contributed by atoms with E-state index in [1.54, 1.807) is 17.1 Å². The lowest BCUT2D eigenvalue weighted by Crippen LogP contribution is -2.31. The summed E-state index contributed by atoms with van der Waals surface area (Å²) in [5.41, 5.74) is 0. The predicted molar refractivity (Wildman–Crippen MR) is 64.7 cm³/mol. The van der Waals surface area contributed by atoms with Gasteiger partial charge < -0.3 is 10.4 Å². The van der Waals surface area contributed by atoms with Crippen LogP contribution >= 0.6 is 0 Å². The van der Waals surface area contributed by atoms with Crippen LogP contribution in [0.25, 0.3) is 0 Å². The summed E-state index contributed by atoms with van der Waals surface area (Å²) in [4.78, 5) is 0. The van der Waals surface area contributed by atoms with Gasteiger partial charge in [-0.1, -0.05) is 0 Å². The minimum absolute atomic E-state index is 0.438. The summed E-state index contributed by atoms with van der Waals surface area (Å²) < 4.78 is 12.5. The zero-order valence-corrected chi connectivity index (χ0v) is 10.3. The number of aliphatic hydroxyl groups is 1. The summed E-state index contributed by atoms with van der Waals surface area (Å²) in [5.74, 6) is 0.711. The maximum absolute atomic E-state index is 10.8. The fourth-order valence-corrected chi connectivity index (χ4v) is 1.91. The second-order valence-electron chi connectivity index (χ2n) is 3.72. The van der Waals surface area contributed by atoms with Gasteiger partial charge in [0.05, 0.1) is 12.6 Å². The molecule has 1 rings (SSSR count). The molecule has 5 nitrogen and oxygen atoms in total. The zero-order chi connectivity index (χ0) is 11.8. The zero-order valence-electron chi connectivity index (χ0n) is 9.50. The van der Waals surface area contributed by atoms with E-state index < -0.39 is 16.9 Å². The molecule has 16 heavy (non-hydrogen) atoms. The predicted octanol–water partition coefficient (Wildman–Crippen LogP) is -0.398. The highest BCUT2D eigenvalue weighted by molar-refractivity contribution is 7.84. The van der Waals surface area contributed by atoms with E-state index in [0.29, 0.717) is 18.8 Å². The quantitative estimate of drug-likeness (QED) is 0.612. The van der Waals surface area contributed by atoms with Crippen molar-refractivity contribution in [1.82, 2.24) is 15.1 Å².